The number of amides is 1. The van der Waals surface area contributed by atoms with E-state index < -0.39 is 0 Å². The van der Waals surface area contributed by atoms with Gasteiger partial charge in [0.05, 0.1) is 5.75 Å². The summed E-state index contributed by atoms with van der Waals surface area (Å²) in [5.74, 6) is 0.825. The summed E-state index contributed by atoms with van der Waals surface area (Å²) in [6.45, 7) is 2.75. The molecule has 0 spiro atoms. The Hall–Kier alpha value is -2.57. The van der Waals surface area contributed by atoms with Crippen LogP contribution in [-0.2, 0) is 11.3 Å². The summed E-state index contributed by atoms with van der Waals surface area (Å²) < 4.78 is 0. The summed E-state index contributed by atoms with van der Waals surface area (Å²) in [6, 6.07) is 19.1. The molecule has 0 radical (unpaired) electrons. The van der Waals surface area contributed by atoms with Gasteiger partial charge in [-0.05, 0) is 42.8 Å². The third kappa shape index (κ3) is 6.27. The lowest BCUT2D eigenvalue weighted by Gasteiger charge is -2.07. The maximum absolute atomic E-state index is 12.0. The van der Waals surface area contributed by atoms with Crippen molar-refractivity contribution in [2.24, 2.45) is 0 Å². The van der Waals surface area contributed by atoms with Crippen LogP contribution in [0, 0.1) is 6.92 Å². The number of nitrogens with one attached hydrogen (secondary N) is 2. The average molecular weight is 399 g/mol. The van der Waals surface area contributed by atoms with Gasteiger partial charge < -0.3 is 10.6 Å². The Kier molecular flexibility index (Phi) is 6.68. The molecule has 0 fully saturated rings. The number of rotatable bonds is 7. The molecule has 1 amide bonds. The van der Waals surface area contributed by atoms with Crippen molar-refractivity contribution in [2.75, 3.05) is 16.4 Å². The van der Waals surface area contributed by atoms with Gasteiger partial charge in [0.15, 0.2) is 0 Å². The molecule has 0 aliphatic rings. The molecule has 0 aliphatic heterocycles. The van der Waals surface area contributed by atoms with Gasteiger partial charge in [-0.3, -0.25) is 4.79 Å². The van der Waals surface area contributed by atoms with Crippen molar-refractivity contribution < 1.29 is 4.79 Å². The molecule has 0 unspecified atom stereocenters. The Balaban J connectivity index is 1.45. The predicted molar refractivity (Wildman–Crippen MR) is 111 cm³/mol. The second-order valence-electron chi connectivity index (χ2n) is 5.94. The Morgan fingerprint density at radius 1 is 1.07 bits per heavy atom. The van der Waals surface area contributed by atoms with Crippen molar-refractivity contribution >= 4 is 40.8 Å². The van der Waals surface area contributed by atoms with Crippen molar-refractivity contribution in [2.45, 2.75) is 18.5 Å². The average Bonchev–Trinajstić information content (AvgIpc) is 2.67. The van der Waals surface area contributed by atoms with Gasteiger partial charge in [-0.15, -0.1) is 10.2 Å². The SMILES string of the molecule is Cc1ccc(CNc2ccc(SCC(=O)Nc3cccc(Cl)c3)nn2)cc1. The Labute approximate surface area is 167 Å². The van der Waals surface area contributed by atoms with Crippen LogP contribution in [0.4, 0.5) is 11.5 Å². The molecule has 3 rings (SSSR count). The van der Waals surface area contributed by atoms with Gasteiger partial charge in [0.2, 0.25) is 5.91 Å². The van der Waals surface area contributed by atoms with Crippen LogP contribution in [0.5, 0.6) is 0 Å². The number of carbonyl (C=O) groups is 1. The molecule has 0 atom stereocenters. The van der Waals surface area contributed by atoms with Gasteiger partial charge in [-0.25, -0.2) is 0 Å². The standard InChI is InChI=1S/C20H19ClN4OS/c1-14-5-7-15(8-6-14)12-22-18-9-10-20(25-24-18)27-13-19(26)23-17-4-2-3-16(21)11-17/h2-11H,12-13H2,1H3,(H,22,24)(H,23,26). The fourth-order valence-corrected chi connectivity index (χ4v) is 3.10. The second kappa shape index (κ2) is 9.39. The van der Waals surface area contributed by atoms with Crippen LogP contribution in [0.15, 0.2) is 65.7 Å². The molecule has 27 heavy (non-hydrogen) atoms. The lowest BCUT2D eigenvalue weighted by molar-refractivity contribution is -0.113. The van der Waals surface area contributed by atoms with Gasteiger partial charge >= 0.3 is 0 Å². The largest absolute Gasteiger partial charge is 0.365 e. The molecular weight excluding hydrogens is 380 g/mol. The first-order valence-corrected chi connectivity index (χ1v) is 9.76. The highest BCUT2D eigenvalue weighted by atomic mass is 35.5. The van der Waals surface area contributed by atoms with Gasteiger partial charge in [-0.2, -0.15) is 0 Å². The Morgan fingerprint density at radius 3 is 2.59 bits per heavy atom. The summed E-state index contributed by atoms with van der Waals surface area (Å²) in [6.07, 6.45) is 0. The van der Waals surface area contributed by atoms with Crippen LogP contribution < -0.4 is 10.6 Å². The minimum absolute atomic E-state index is 0.120. The fraction of sp³-hybridized carbons (Fsp3) is 0.150. The number of aryl methyl sites for hydroxylation is 1. The maximum Gasteiger partial charge on any atom is 0.234 e. The molecule has 0 bridgehead atoms. The smallest absolute Gasteiger partial charge is 0.234 e. The van der Waals surface area contributed by atoms with Crippen molar-refractivity contribution in [3.05, 3.63) is 76.8 Å². The van der Waals surface area contributed by atoms with E-state index in [9.17, 15) is 4.79 Å². The number of thioether (sulfide) groups is 1. The number of anilines is 2. The number of halogens is 1. The van der Waals surface area contributed by atoms with E-state index in [0.29, 0.717) is 28.1 Å². The third-order valence-corrected chi connectivity index (χ3v) is 4.85. The zero-order valence-electron chi connectivity index (χ0n) is 14.8. The van der Waals surface area contributed by atoms with Crippen LogP contribution in [0.2, 0.25) is 5.02 Å². The lowest BCUT2D eigenvalue weighted by atomic mass is 10.1. The number of nitrogens with zero attached hydrogens (tertiary/aromatic N) is 2. The summed E-state index contributed by atoms with van der Waals surface area (Å²) >= 11 is 7.24. The van der Waals surface area contributed by atoms with E-state index in [1.54, 1.807) is 24.3 Å². The molecule has 138 valence electrons. The van der Waals surface area contributed by atoms with Crippen LogP contribution in [0.3, 0.4) is 0 Å². The third-order valence-electron chi connectivity index (χ3n) is 3.69. The quantitative estimate of drug-likeness (QED) is 0.560. The number of hydrogen-bond donors (Lipinski definition) is 2. The maximum atomic E-state index is 12.0. The van der Waals surface area contributed by atoms with E-state index in [4.69, 9.17) is 11.6 Å². The first-order chi connectivity index (χ1) is 13.1. The van der Waals surface area contributed by atoms with Gasteiger partial charge in [-0.1, -0.05) is 59.3 Å². The Bertz CT molecular complexity index is 901. The van der Waals surface area contributed by atoms with Crippen molar-refractivity contribution in [3.8, 4) is 0 Å². The van der Waals surface area contributed by atoms with Crippen molar-refractivity contribution in [3.63, 3.8) is 0 Å². The highest BCUT2D eigenvalue weighted by Crippen LogP contribution is 2.18. The molecule has 1 heterocycles. The molecule has 3 aromatic rings. The van der Waals surface area contributed by atoms with E-state index in [-0.39, 0.29) is 11.7 Å². The highest BCUT2D eigenvalue weighted by molar-refractivity contribution is 7.99. The Morgan fingerprint density at radius 2 is 1.89 bits per heavy atom. The first-order valence-electron chi connectivity index (χ1n) is 8.40. The summed E-state index contributed by atoms with van der Waals surface area (Å²) in [5, 5.41) is 15.6. The zero-order chi connectivity index (χ0) is 19.1. The summed E-state index contributed by atoms with van der Waals surface area (Å²) in [4.78, 5) is 12.0. The number of benzene rings is 2. The summed E-state index contributed by atoms with van der Waals surface area (Å²) in [7, 11) is 0. The molecule has 2 N–H and O–H groups in total. The monoisotopic (exact) mass is 398 g/mol. The second-order valence-corrected chi connectivity index (χ2v) is 7.38. The number of carbonyl (C=O) groups excluding carboxylic acids is 1. The van der Waals surface area contributed by atoms with Crippen LogP contribution in [0.1, 0.15) is 11.1 Å². The lowest BCUT2D eigenvalue weighted by Crippen LogP contribution is -2.14. The normalized spacial score (nSPS) is 10.4. The molecule has 5 nitrogen and oxygen atoms in total. The molecule has 7 heteroatoms. The van der Waals surface area contributed by atoms with Crippen LogP contribution in [-0.4, -0.2) is 21.9 Å². The number of aromatic nitrogens is 2. The van der Waals surface area contributed by atoms with Crippen molar-refractivity contribution in [1.82, 2.24) is 10.2 Å². The van der Waals surface area contributed by atoms with Crippen molar-refractivity contribution in [1.29, 1.82) is 0 Å². The van der Waals surface area contributed by atoms with Gasteiger partial charge in [0.1, 0.15) is 10.8 Å². The highest BCUT2D eigenvalue weighted by Gasteiger charge is 2.06. The van der Waals surface area contributed by atoms with Gasteiger partial charge in [0.25, 0.3) is 0 Å². The van der Waals surface area contributed by atoms with Crippen LogP contribution >= 0.6 is 23.4 Å². The van der Waals surface area contributed by atoms with E-state index in [2.05, 4.69) is 52.0 Å². The zero-order valence-corrected chi connectivity index (χ0v) is 16.3. The van der Waals surface area contributed by atoms with E-state index in [1.165, 1.54) is 22.9 Å². The topological polar surface area (TPSA) is 66.9 Å². The van der Waals surface area contributed by atoms with Gasteiger partial charge in [0, 0.05) is 17.3 Å². The minimum atomic E-state index is -0.120. The molecule has 0 aliphatic carbocycles. The molecule has 0 saturated carbocycles. The molecular formula is C20H19ClN4OS. The van der Waals surface area contributed by atoms with E-state index >= 15 is 0 Å². The van der Waals surface area contributed by atoms with E-state index in [0.717, 1.165) is 0 Å². The predicted octanol–water partition coefficient (Wildman–Crippen LogP) is 4.78. The molecule has 2 aromatic carbocycles. The minimum Gasteiger partial charge on any atom is -0.365 e. The first kappa shape index (κ1) is 19.2. The fourth-order valence-electron chi connectivity index (χ4n) is 2.29. The number of hydrogen-bond acceptors (Lipinski definition) is 5. The summed E-state index contributed by atoms with van der Waals surface area (Å²) in [5.41, 5.74) is 3.09. The molecule has 1 aromatic heterocycles. The molecule has 0 saturated heterocycles. The van der Waals surface area contributed by atoms with Crippen LogP contribution in [0.25, 0.3) is 0 Å². The van der Waals surface area contributed by atoms with E-state index in [1.807, 2.05) is 12.1 Å².